The van der Waals surface area contributed by atoms with E-state index in [2.05, 4.69) is 25.1 Å². The van der Waals surface area contributed by atoms with Crippen LogP contribution in [0, 0.1) is 11.3 Å². The molecule has 2 fully saturated rings. The first-order valence-corrected chi connectivity index (χ1v) is 9.34. The van der Waals surface area contributed by atoms with Crippen LogP contribution in [0.4, 0.5) is 0 Å². The van der Waals surface area contributed by atoms with Gasteiger partial charge in [0, 0.05) is 11.8 Å². The van der Waals surface area contributed by atoms with Crippen molar-refractivity contribution in [3.05, 3.63) is 34.9 Å². The molecule has 0 radical (unpaired) electrons. The molecule has 1 saturated carbocycles. The van der Waals surface area contributed by atoms with Gasteiger partial charge in [-0.15, -0.1) is 0 Å². The summed E-state index contributed by atoms with van der Waals surface area (Å²) in [6.45, 7) is 3.94. The highest BCUT2D eigenvalue weighted by molar-refractivity contribution is 5.75. The van der Waals surface area contributed by atoms with Gasteiger partial charge in [0.15, 0.2) is 5.79 Å². The Kier molecular flexibility index (Phi) is 3.18. The Labute approximate surface area is 144 Å². The highest BCUT2D eigenvalue weighted by atomic mass is 16.7. The molecule has 1 heterocycles. The molecule has 1 spiro atoms. The summed E-state index contributed by atoms with van der Waals surface area (Å²) in [6, 6.07) is 6.62. The highest BCUT2D eigenvalue weighted by Crippen LogP contribution is 2.64. The van der Waals surface area contributed by atoms with E-state index in [9.17, 15) is 0 Å². The first-order valence-electron chi connectivity index (χ1n) is 9.34. The predicted molar refractivity (Wildman–Crippen MR) is 92.9 cm³/mol. The van der Waals surface area contributed by atoms with Crippen molar-refractivity contribution >= 4 is 5.57 Å². The van der Waals surface area contributed by atoms with E-state index in [1.807, 2.05) is 0 Å². The molecule has 4 aliphatic rings. The van der Waals surface area contributed by atoms with Crippen LogP contribution in [0.1, 0.15) is 50.2 Å². The molecule has 1 aromatic carbocycles. The summed E-state index contributed by atoms with van der Waals surface area (Å²) in [7, 11) is 1.75. The second-order valence-corrected chi connectivity index (χ2v) is 7.99. The Bertz CT molecular complexity index is 714. The summed E-state index contributed by atoms with van der Waals surface area (Å²) < 4.78 is 17.8. The lowest BCUT2D eigenvalue weighted by atomic mass is 9.61. The van der Waals surface area contributed by atoms with Crippen molar-refractivity contribution < 1.29 is 14.2 Å². The molecule has 0 N–H and O–H groups in total. The van der Waals surface area contributed by atoms with E-state index in [4.69, 9.17) is 14.2 Å². The lowest BCUT2D eigenvalue weighted by Gasteiger charge is -2.47. The fourth-order valence-corrected chi connectivity index (χ4v) is 5.91. The zero-order valence-electron chi connectivity index (χ0n) is 14.7. The van der Waals surface area contributed by atoms with Gasteiger partial charge in [-0.2, -0.15) is 0 Å². The maximum absolute atomic E-state index is 6.19. The number of methoxy groups -OCH3 is 1. The number of hydrogen-bond donors (Lipinski definition) is 0. The fraction of sp³-hybridized carbons (Fsp3) is 0.619. The van der Waals surface area contributed by atoms with Crippen LogP contribution in [0.2, 0.25) is 0 Å². The lowest BCUT2D eigenvalue weighted by molar-refractivity contribution is -0.225. The number of rotatable bonds is 1. The molecule has 3 aliphatic carbocycles. The van der Waals surface area contributed by atoms with E-state index >= 15 is 0 Å². The molecule has 0 bridgehead atoms. The Hall–Kier alpha value is -1.32. The number of allylic oxidation sites excluding steroid dienone is 2. The molecule has 1 aliphatic heterocycles. The number of fused-ring (bicyclic) bond motifs is 5. The largest absolute Gasteiger partial charge is 0.497 e. The van der Waals surface area contributed by atoms with Crippen LogP contribution in [0.3, 0.4) is 0 Å². The Morgan fingerprint density at radius 3 is 2.71 bits per heavy atom. The molecule has 5 rings (SSSR count). The molecule has 1 aromatic rings. The van der Waals surface area contributed by atoms with Crippen molar-refractivity contribution in [2.75, 3.05) is 20.3 Å². The molecule has 24 heavy (non-hydrogen) atoms. The van der Waals surface area contributed by atoms with Crippen molar-refractivity contribution in [1.82, 2.24) is 0 Å². The van der Waals surface area contributed by atoms with Gasteiger partial charge in [0.2, 0.25) is 0 Å². The maximum atomic E-state index is 6.19. The lowest BCUT2D eigenvalue weighted by Crippen LogP contribution is -2.48. The summed E-state index contributed by atoms with van der Waals surface area (Å²) in [5.74, 6) is 1.29. The SMILES string of the molecule is COc1ccc2c(c1)CCC1=C2CC[C@]2(C)[C@H]1CCC21OCCO1. The summed E-state index contributed by atoms with van der Waals surface area (Å²) in [5, 5.41) is 0. The second kappa shape index (κ2) is 5.09. The van der Waals surface area contributed by atoms with Crippen molar-refractivity contribution in [3.8, 4) is 5.75 Å². The molecule has 3 heteroatoms. The van der Waals surface area contributed by atoms with Gasteiger partial charge in [0.05, 0.1) is 20.3 Å². The summed E-state index contributed by atoms with van der Waals surface area (Å²) in [5.41, 5.74) is 6.37. The van der Waals surface area contributed by atoms with Gasteiger partial charge in [-0.3, -0.25) is 0 Å². The van der Waals surface area contributed by atoms with Crippen molar-refractivity contribution in [1.29, 1.82) is 0 Å². The number of aryl methyl sites for hydroxylation is 1. The van der Waals surface area contributed by atoms with Crippen LogP contribution in [-0.2, 0) is 15.9 Å². The smallest absolute Gasteiger partial charge is 0.174 e. The standard InChI is InChI=1S/C21H26O3/c1-20-9-7-17-16-6-4-15(22-2)13-14(16)3-5-18(17)19(20)8-10-21(20)23-11-12-24-21/h4,6,13,19H,3,5,7-12H2,1-2H3/t19-,20+/m0/s1. The molecule has 0 aromatic heterocycles. The maximum Gasteiger partial charge on any atom is 0.174 e. The van der Waals surface area contributed by atoms with Crippen LogP contribution in [-0.4, -0.2) is 26.1 Å². The van der Waals surface area contributed by atoms with Crippen LogP contribution in [0.25, 0.3) is 5.57 Å². The highest BCUT2D eigenvalue weighted by Gasteiger charge is 2.62. The summed E-state index contributed by atoms with van der Waals surface area (Å²) in [4.78, 5) is 0. The quantitative estimate of drug-likeness (QED) is 0.768. The number of benzene rings is 1. The summed E-state index contributed by atoms with van der Waals surface area (Å²) in [6.07, 6.45) is 6.90. The van der Waals surface area contributed by atoms with E-state index < -0.39 is 0 Å². The van der Waals surface area contributed by atoms with E-state index in [-0.39, 0.29) is 11.2 Å². The van der Waals surface area contributed by atoms with Crippen molar-refractivity contribution in [3.63, 3.8) is 0 Å². The van der Waals surface area contributed by atoms with E-state index in [1.165, 1.54) is 30.4 Å². The number of ether oxygens (including phenoxy) is 3. The van der Waals surface area contributed by atoms with Gasteiger partial charge < -0.3 is 14.2 Å². The van der Waals surface area contributed by atoms with Gasteiger partial charge in [-0.25, -0.2) is 0 Å². The van der Waals surface area contributed by atoms with Crippen molar-refractivity contribution in [2.24, 2.45) is 11.3 Å². The second-order valence-electron chi connectivity index (χ2n) is 7.99. The van der Waals surface area contributed by atoms with E-state index in [0.717, 1.165) is 38.2 Å². The van der Waals surface area contributed by atoms with Crippen LogP contribution < -0.4 is 4.74 Å². The van der Waals surface area contributed by atoms with Gasteiger partial charge in [0.1, 0.15) is 5.75 Å². The predicted octanol–water partition coefficient (Wildman–Crippen LogP) is 4.35. The number of hydrogen-bond acceptors (Lipinski definition) is 3. The third kappa shape index (κ3) is 1.80. The molecule has 3 nitrogen and oxygen atoms in total. The van der Waals surface area contributed by atoms with Gasteiger partial charge in [0.25, 0.3) is 0 Å². The molecular weight excluding hydrogens is 300 g/mol. The molecular formula is C21H26O3. The van der Waals surface area contributed by atoms with Gasteiger partial charge >= 0.3 is 0 Å². The zero-order chi connectivity index (χ0) is 16.4. The van der Waals surface area contributed by atoms with Crippen LogP contribution in [0.5, 0.6) is 5.75 Å². The average Bonchev–Trinajstić information content (AvgIpc) is 3.21. The summed E-state index contributed by atoms with van der Waals surface area (Å²) >= 11 is 0. The first-order chi connectivity index (χ1) is 11.7. The van der Waals surface area contributed by atoms with E-state index in [0.29, 0.717) is 5.92 Å². The fourth-order valence-electron chi connectivity index (χ4n) is 5.91. The normalized spacial score (nSPS) is 33.3. The minimum absolute atomic E-state index is 0.145. The Morgan fingerprint density at radius 1 is 1.08 bits per heavy atom. The monoisotopic (exact) mass is 326 g/mol. The first kappa shape index (κ1) is 15.0. The molecule has 1 saturated heterocycles. The minimum atomic E-state index is -0.309. The Morgan fingerprint density at radius 2 is 1.92 bits per heavy atom. The average molecular weight is 326 g/mol. The van der Waals surface area contributed by atoms with E-state index in [1.54, 1.807) is 18.3 Å². The topological polar surface area (TPSA) is 27.7 Å². The Balaban J connectivity index is 1.57. The van der Waals surface area contributed by atoms with Gasteiger partial charge in [-0.05, 0) is 66.9 Å². The zero-order valence-corrected chi connectivity index (χ0v) is 14.7. The minimum Gasteiger partial charge on any atom is -0.497 e. The van der Waals surface area contributed by atoms with Crippen LogP contribution in [0.15, 0.2) is 23.8 Å². The third-order valence-corrected chi connectivity index (χ3v) is 7.16. The van der Waals surface area contributed by atoms with Crippen molar-refractivity contribution in [2.45, 2.75) is 51.2 Å². The molecule has 128 valence electrons. The molecule has 2 atom stereocenters. The molecule has 0 amide bonds. The van der Waals surface area contributed by atoms with Gasteiger partial charge in [-0.1, -0.05) is 18.6 Å². The third-order valence-electron chi connectivity index (χ3n) is 7.16. The van der Waals surface area contributed by atoms with Crippen LogP contribution >= 0.6 is 0 Å². The molecule has 0 unspecified atom stereocenters.